The zero-order valence-electron chi connectivity index (χ0n) is 12.7. The third-order valence-corrected chi connectivity index (χ3v) is 4.43. The van der Waals surface area contributed by atoms with Gasteiger partial charge in [-0.15, -0.1) is 0 Å². The molecule has 0 saturated carbocycles. The van der Waals surface area contributed by atoms with Gasteiger partial charge in [-0.2, -0.15) is 5.10 Å². The van der Waals surface area contributed by atoms with Gasteiger partial charge in [0.2, 0.25) is 10.0 Å². The van der Waals surface area contributed by atoms with Crippen LogP contribution in [0.1, 0.15) is 12.5 Å². The molecule has 1 rings (SSSR count). The Labute approximate surface area is 136 Å². The summed E-state index contributed by atoms with van der Waals surface area (Å²) in [4.78, 5) is 0.205. The SMILES string of the molecule is CNS(=O)(=O)c1ccc(/C(C)=N\NC(=S)NCCOC)cc1. The van der Waals surface area contributed by atoms with Crippen LogP contribution in [-0.4, -0.2) is 46.6 Å². The Morgan fingerprint density at radius 1 is 1.32 bits per heavy atom. The minimum Gasteiger partial charge on any atom is -0.383 e. The van der Waals surface area contributed by atoms with Gasteiger partial charge in [0, 0.05) is 13.7 Å². The second kappa shape index (κ2) is 8.79. The first-order valence-electron chi connectivity index (χ1n) is 6.51. The topological polar surface area (TPSA) is 91.8 Å². The summed E-state index contributed by atoms with van der Waals surface area (Å²) < 4.78 is 30.4. The summed E-state index contributed by atoms with van der Waals surface area (Å²) in [6.45, 7) is 2.94. The van der Waals surface area contributed by atoms with Crippen LogP contribution < -0.4 is 15.5 Å². The third-order valence-electron chi connectivity index (χ3n) is 2.77. The molecule has 0 spiro atoms. The monoisotopic (exact) mass is 344 g/mol. The van der Waals surface area contributed by atoms with Crippen molar-refractivity contribution < 1.29 is 13.2 Å². The molecule has 0 aliphatic carbocycles. The van der Waals surface area contributed by atoms with Crippen LogP contribution >= 0.6 is 12.2 Å². The molecule has 122 valence electrons. The summed E-state index contributed by atoms with van der Waals surface area (Å²) in [6, 6.07) is 6.42. The zero-order valence-corrected chi connectivity index (χ0v) is 14.3. The smallest absolute Gasteiger partial charge is 0.240 e. The van der Waals surface area contributed by atoms with E-state index in [0.717, 1.165) is 5.56 Å². The quantitative estimate of drug-likeness (QED) is 0.288. The number of ether oxygens (including phenoxy) is 1. The first kappa shape index (κ1) is 18.5. The van der Waals surface area contributed by atoms with Crippen LogP contribution in [0, 0.1) is 0 Å². The largest absolute Gasteiger partial charge is 0.383 e. The molecule has 1 aromatic rings. The molecule has 0 atom stereocenters. The maximum atomic E-state index is 11.6. The lowest BCUT2D eigenvalue weighted by molar-refractivity contribution is 0.204. The summed E-state index contributed by atoms with van der Waals surface area (Å²) in [5, 5.41) is 7.46. The molecule has 0 amide bonds. The predicted molar refractivity (Wildman–Crippen MR) is 90.5 cm³/mol. The lowest BCUT2D eigenvalue weighted by atomic mass is 10.1. The number of hydrogen-bond donors (Lipinski definition) is 3. The Bertz CT molecular complexity index is 627. The number of benzene rings is 1. The number of thiocarbonyl (C=S) groups is 1. The van der Waals surface area contributed by atoms with E-state index >= 15 is 0 Å². The fraction of sp³-hybridized carbons (Fsp3) is 0.385. The van der Waals surface area contributed by atoms with E-state index in [4.69, 9.17) is 17.0 Å². The summed E-state index contributed by atoms with van der Waals surface area (Å²) >= 11 is 5.05. The fourth-order valence-electron chi connectivity index (χ4n) is 1.50. The highest BCUT2D eigenvalue weighted by Crippen LogP contribution is 2.10. The van der Waals surface area contributed by atoms with Gasteiger partial charge in [0.05, 0.1) is 17.2 Å². The van der Waals surface area contributed by atoms with E-state index in [1.807, 2.05) is 0 Å². The van der Waals surface area contributed by atoms with Crippen LogP contribution in [0.5, 0.6) is 0 Å². The number of rotatable bonds is 7. The van der Waals surface area contributed by atoms with E-state index in [0.29, 0.717) is 24.0 Å². The van der Waals surface area contributed by atoms with Crippen molar-refractivity contribution in [1.82, 2.24) is 15.5 Å². The van der Waals surface area contributed by atoms with Crippen molar-refractivity contribution in [2.45, 2.75) is 11.8 Å². The van der Waals surface area contributed by atoms with Gasteiger partial charge in [-0.1, -0.05) is 12.1 Å². The second-order valence-corrected chi connectivity index (χ2v) is 6.58. The summed E-state index contributed by atoms with van der Waals surface area (Å²) in [5.74, 6) is 0. The van der Waals surface area contributed by atoms with Crippen molar-refractivity contribution in [3.05, 3.63) is 29.8 Å². The van der Waals surface area contributed by atoms with Gasteiger partial charge in [0.15, 0.2) is 5.11 Å². The van der Waals surface area contributed by atoms with E-state index in [1.165, 1.54) is 19.2 Å². The van der Waals surface area contributed by atoms with Gasteiger partial charge in [0.25, 0.3) is 0 Å². The number of hydrazone groups is 1. The maximum absolute atomic E-state index is 11.6. The van der Waals surface area contributed by atoms with Gasteiger partial charge in [-0.05, 0) is 43.9 Å². The highest BCUT2D eigenvalue weighted by atomic mass is 32.2. The Kier molecular flexibility index (Phi) is 7.39. The fourth-order valence-corrected chi connectivity index (χ4v) is 2.38. The van der Waals surface area contributed by atoms with Crippen molar-refractivity contribution in [3.63, 3.8) is 0 Å². The molecule has 9 heteroatoms. The summed E-state index contributed by atoms with van der Waals surface area (Å²) in [6.07, 6.45) is 0. The molecule has 0 aliphatic heterocycles. The van der Waals surface area contributed by atoms with E-state index < -0.39 is 10.0 Å². The number of hydrogen-bond acceptors (Lipinski definition) is 5. The van der Waals surface area contributed by atoms with Crippen molar-refractivity contribution in [1.29, 1.82) is 0 Å². The maximum Gasteiger partial charge on any atom is 0.240 e. The van der Waals surface area contributed by atoms with Gasteiger partial charge < -0.3 is 10.1 Å². The van der Waals surface area contributed by atoms with Crippen LogP contribution in [-0.2, 0) is 14.8 Å². The average molecular weight is 344 g/mol. The molecule has 0 aliphatic rings. The minimum atomic E-state index is -3.43. The van der Waals surface area contributed by atoms with Crippen molar-refractivity contribution in [2.75, 3.05) is 27.3 Å². The standard InChI is InChI=1S/C13H20N4O3S2/c1-10(16-17-13(21)15-8-9-20-3)11-4-6-12(7-5-11)22(18,19)14-2/h4-7,14H,8-9H2,1-3H3,(H2,15,17,21)/b16-10-. The molecule has 0 fully saturated rings. The molecule has 0 bridgehead atoms. The lowest BCUT2D eigenvalue weighted by Crippen LogP contribution is -2.34. The number of sulfonamides is 1. The Balaban J connectivity index is 2.67. The lowest BCUT2D eigenvalue weighted by Gasteiger charge is -2.08. The van der Waals surface area contributed by atoms with Gasteiger partial charge in [0.1, 0.15) is 0 Å². The summed E-state index contributed by atoms with van der Waals surface area (Å²) in [5.41, 5.74) is 4.20. The zero-order chi connectivity index (χ0) is 16.6. The molecule has 0 saturated heterocycles. The highest BCUT2D eigenvalue weighted by Gasteiger charge is 2.10. The molecular formula is C13H20N4O3S2. The third kappa shape index (κ3) is 5.68. The molecular weight excluding hydrogens is 324 g/mol. The summed E-state index contributed by atoms with van der Waals surface area (Å²) in [7, 11) is -0.445. The number of methoxy groups -OCH3 is 1. The van der Waals surface area contributed by atoms with Crippen molar-refractivity contribution in [3.8, 4) is 0 Å². The predicted octanol–water partition coefficient (Wildman–Crippen LogP) is 0.429. The number of nitrogens with zero attached hydrogens (tertiary/aromatic N) is 1. The van der Waals surface area contributed by atoms with Crippen LogP contribution in [0.25, 0.3) is 0 Å². The molecule has 7 nitrogen and oxygen atoms in total. The molecule has 0 unspecified atom stereocenters. The first-order chi connectivity index (χ1) is 10.4. The Morgan fingerprint density at radius 3 is 2.50 bits per heavy atom. The first-order valence-corrected chi connectivity index (χ1v) is 8.41. The minimum absolute atomic E-state index is 0.205. The van der Waals surface area contributed by atoms with E-state index in [2.05, 4.69) is 20.6 Å². The van der Waals surface area contributed by atoms with Crippen LogP contribution in [0.2, 0.25) is 0 Å². The molecule has 3 N–H and O–H groups in total. The van der Waals surface area contributed by atoms with Crippen molar-refractivity contribution >= 4 is 33.1 Å². The Hall–Kier alpha value is -1.55. The van der Waals surface area contributed by atoms with Crippen LogP contribution in [0.4, 0.5) is 0 Å². The molecule has 0 radical (unpaired) electrons. The Morgan fingerprint density at radius 2 is 1.95 bits per heavy atom. The molecule has 0 aromatic heterocycles. The average Bonchev–Trinajstić information content (AvgIpc) is 2.53. The van der Waals surface area contributed by atoms with Crippen molar-refractivity contribution in [2.24, 2.45) is 5.10 Å². The molecule has 1 aromatic carbocycles. The molecule has 22 heavy (non-hydrogen) atoms. The number of nitrogens with one attached hydrogen (secondary N) is 3. The van der Waals surface area contributed by atoms with Gasteiger partial charge in [-0.25, -0.2) is 13.1 Å². The van der Waals surface area contributed by atoms with E-state index in [1.54, 1.807) is 26.2 Å². The van der Waals surface area contributed by atoms with E-state index in [-0.39, 0.29) is 4.90 Å². The van der Waals surface area contributed by atoms with Gasteiger partial charge >= 0.3 is 0 Å². The van der Waals surface area contributed by atoms with Gasteiger partial charge in [-0.3, -0.25) is 5.43 Å². The van der Waals surface area contributed by atoms with Crippen LogP contribution in [0.3, 0.4) is 0 Å². The van der Waals surface area contributed by atoms with E-state index in [9.17, 15) is 8.42 Å². The second-order valence-electron chi connectivity index (χ2n) is 4.29. The normalized spacial score (nSPS) is 12.0. The van der Waals surface area contributed by atoms with Crippen LogP contribution in [0.15, 0.2) is 34.3 Å². The molecule has 0 heterocycles. The highest BCUT2D eigenvalue weighted by molar-refractivity contribution is 7.89.